The fourth-order valence-corrected chi connectivity index (χ4v) is 2.59. The van der Waals surface area contributed by atoms with Crippen LogP contribution in [0.2, 0.25) is 0 Å². The molecule has 1 aromatic heterocycles. The number of benzene rings is 1. The minimum atomic E-state index is -3.91. The molecule has 0 atom stereocenters. The summed E-state index contributed by atoms with van der Waals surface area (Å²) in [6.07, 6.45) is 0.696. The SMILES string of the molecule is CCc1cc(NS(=O)(=O)c2cc(N)cc(F)c2)n[nH]1. The van der Waals surface area contributed by atoms with Crippen molar-refractivity contribution in [3.63, 3.8) is 0 Å². The van der Waals surface area contributed by atoms with Gasteiger partial charge in [0, 0.05) is 17.4 Å². The van der Waals surface area contributed by atoms with E-state index in [2.05, 4.69) is 14.9 Å². The van der Waals surface area contributed by atoms with E-state index in [0.717, 1.165) is 17.8 Å². The zero-order valence-electron chi connectivity index (χ0n) is 10.1. The van der Waals surface area contributed by atoms with E-state index in [4.69, 9.17) is 5.73 Å². The van der Waals surface area contributed by atoms with E-state index in [1.165, 1.54) is 6.07 Å². The number of aryl methyl sites for hydroxylation is 1. The Morgan fingerprint density at radius 1 is 1.37 bits per heavy atom. The lowest BCUT2D eigenvalue weighted by molar-refractivity contribution is 0.595. The lowest BCUT2D eigenvalue weighted by Gasteiger charge is -2.06. The summed E-state index contributed by atoms with van der Waals surface area (Å²) in [7, 11) is -3.91. The van der Waals surface area contributed by atoms with E-state index in [0.29, 0.717) is 6.42 Å². The zero-order chi connectivity index (χ0) is 14.0. The number of anilines is 2. The average Bonchev–Trinajstić information content (AvgIpc) is 2.74. The number of nitrogen functional groups attached to an aromatic ring is 1. The van der Waals surface area contributed by atoms with Gasteiger partial charge in [0.1, 0.15) is 5.82 Å². The van der Waals surface area contributed by atoms with Gasteiger partial charge in [-0.25, -0.2) is 12.8 Å². The van der Waals surface area contributed by atoms with Crippen molar-refractivity contribution >= 4 is 21.5 Å². The summed E-state index contributed by atoms with van der Waals surface area (Å²) < 4.78 is 39.4. The number of hydrogen-bond acceptors (Lipinski definition) is 4. The van der Waals surface area contributed by atoms with Gasteiger partial charge < -0.3 is 5.73 Å². The fraction of sp³-hybridized carbons (Fsp3) is 0.182. The van der Waals surface area contributed by atoms with Crippen LogP contribution in [-0.2, 0) is 16.4 Å². The standard InChI is InChI=1S/C11H13FN4O2S/c1-2-9-6-11(15-14-9)16-19(17,18)10-4-7(12)3-8(13)5-10/h3-6H,2,13H2,1H3,(H2,14,15,16). The lowest BCUT2D eigenvalue weighted by Crippen LogP contribution is -2.13. The van der Waals surface area contributed by atoms with E-state index >= 15 is 0 Å². The van der Waals surface area contributed by atoms with Crippen LogP contribution < -0.4 is 10.5 Å². The number of aromatic amines is 1. The van der Waals surface area contributed by atoms with E-state index in [1.807, 2.05) is 6.92 Å². The first-order valence-corrected chi connectivity index (χ1v) is 7.02. The highest BCUT2D eigenvalue weighted by atomic mass is 32.2. The van der Waals surface area contributed by atoms with Gasteiger partial charge in [0.05, 0.1) is 4.90 Å². The highest BCUT2D eigenvalue weighted by molar-refractivity contribution is 7.92. The van der Waals surface area contributed by atoms with Crippen LogP contribution in [0.3, 0.4) is 0 Å². The van der Waals surface area contributed by atoms with E-state index in [-0.39, 0.29) is 16.4 Å². The highest BCUT2D eigenvalue weighted by Gasteiger charge is 2.17. The molecule has 102 valence electrons. The Kier molecular flexibility index (Phi) is 3.43. The molecule has 0 saturated heterocycles. The Balaban J connectivity index is 2.31. The third-order valence-electron chi connectivity index (χ3n) is 2.45. The van der Waals surface area contributed by atoms with Crippen molar-refractivity contribution in [2.45, 2.75) is 18.2 Å². The third-order valence-corrected chi connectivity index (χ3v) is 3.79. The summed E-state index contributed by atoms with van der Waals surface area (Å²) in [5, 5.41) is 6.48. The van der Waals surface area contributed by atoms with Crippen LogP contribution in [0.5, 0.6) is 0 Å². The summed E-state index contributed by atoms with van der Waals surface area (Å²) in [4.78, 5) is -0.244. The Bertz CT molecular complexity index is 676. The molecule has 2 aromatic rings. The summed E-state index contributed by atoms with van der Waals surface area (Å²) >= 11 is 0. The van der Waals surface area contributed by atoms with Crippen molar-refractivity contribution in [1.82, 2.24) is 10.2 Å². The molecule has 0 fully saturated rings. The van der Waals surface area contributed by atoms with Crippen LogP contribution in [-0.4, -0.2) is 18.6 Å². The lowest BCUT2D eigenvalue weighted by atomic mass is 10.3. The summed E-state index contributed by atoms with van der Waals surface area (Å²) in [6.45, 7) is 1.90. The largest absolute Gasteiger partial charge is 0.399 e. The molecular formula is C11H13FN4O2S. The molecular weight excluding hydrogens is 271 g/mol. The predicted molar refractivity (Wildman–Crippen MR) is 69.6 cm³/mol. The maximum Gasteiger partial charge on any atom is 0.263 e. The second-order valence-electron chi connectivity index (χ2n) is 3.96. The minimum absolute atomic E-state index is 0.0386. The molecule has 0 aliphatic carbocycles. The van der Waals surface area contributed by atoms with Crippen molar-refractivity contribution in [2.75, 3.05) is 10.5 Å². The number of H-pyrrole nitrogens is 1. The first-order chi connectivity index (χ1) is 8.90. The molecule has 0 aliphatic heterocycles. The Labute approximate surface area is 109 Å². The summed E-state index contributed by atoms with van der Waals surface area (Å²) in [5.41, 5.74) is 6.25. The van der Waals surface area contributed by atoms with Crippen LogP contribution in [0.1, 0.15) is 12.6 Å². The normalized spacial score (nSPS) is 11.5. The molecule has 19 heavy (non-hydrogen) atoms. The van der Waals surface area contributed by atoms with Crippen molar-refractivity contribution in [3.05, 3.63) is 35.8 Å². The molecule has 0 unspecified atom stereocenters. The maximum atomic E-state index is 13.2. The molecule has 0 radical (unpaired) electrons. The number of nitrogens with zero attached hydrogens (tertiary/aromatic N) is 1. The highest BCUT2D eigenvalue weighted by Crippen LogP contribution is 2.19. The molecule has 0 saturated carbocycles. The Hall–Kier alpha value is -2.09. The van der Waals surface area contributed by atoms with Crippen molar-refractivity contribution < 1.29 is 12.8 Å². The Morgan fingerprint density at radius 3 is 2.68 bits per heavy atom. The van der Waals surface area contributed by atoms with Gasteiger partial charge >= 0.3 is 0 Å². The molecule has 0 spiro atoms. The summed E-state index contributed by atoms with van der Waals surface area (Å²) in [6, 6.07) is 4.69. The van der Waals surface area contributed by atoms with E-state index in [9.17, 15) is 12.8 Å². The average molecular weight is 284 g/mol. The van der Waals surface area contributed by atoms with Gasteiger partial charge in [0.15, 0.2) is 5.82 Å². The second kappa shape index (κ2) is 4.88. The quantitative estimate of drug-likeness (QED) is 0.740. The molecule has 0 aliphatic rings. The van der Waals surface area contributed by atoms with Crippen molar-refractivity contribution in [2.24, 2.45) is 0 Å². The first kappa shape index (κ1) is 13.3. The number of sulfonamides is 1. The van der Waals surface area contributed by atoms with Crippen molar-refractivity contribution in [1.29, 1.82) is 0 Å². The van der Waals surface area contributed by atoms with Crippen LogP contribution >= 0.6 is 0 Å². The van der Waals surface area contributed by atoms with Gasteiger partial charge in [0.2, 0.25) is 0 Å². The van der Waals surface area contributed by atoms with Crippen LogP contribution in [0, 0.1) is 5.82 Å². The number of nitrogens with two attached hydrogens (primary N) is 1. The topological polar surface area (TPSA) is 101 Å². The monoisotopic (exact) mass is 284 g/mol. The Morgan fingerprint density at radius 2 is 2.11 bits per heavy atom. The zero-order valence-corrected chi connectivity index (χ0v) is 11.0. The van der Waals surface area contributed by atoms with Gasteiger partial charge in [0.25, 0.3) is 10.0 Å². The van der Waals surface area contributed by atoms with Gasteiger partial charge in [-0.05, 0) is 24.6 Å². The number of rotatable bonds is 4. The summed E-state index contributed by atoms with van der Waals surface area (Å²) in [5.74, 6) is -0.559. The van der Waals surface area contributed by atoms with Gasteiger partial charge in [-0.15, -0.1) is 0 Å². The number of halogens is 1. The molecule has 0 amide bonds. The van der Waals surface area contributed by atoms with Gasteiger partial charge in [-0.2, -0.15) is 5.10 Å². The smallest absolute Gasteiger partial charge is 0.263 e. The van der Waals surface area contributed by atoms with Crippen LogP contribution in [0.15, 0.2) is 29.2 Å². The molecule has 0 bridgehead atoms. The van der Waals surface area contributed by atoms with Gasteiger partial charge in [-0.3, -0.25) is 9.82 Å². The van der Waals surface area contributed by atoms with Crippen molar-refractivity contribution in [3.8, 4) is 0 Å². The third kappa shape index (κ3) is 3.02. The molecule has 1 aromatic carbocycles. The second-order valence-corrected chi connectivity index (χ2v) is 5.64. The van der Waals surface area contributed by atoms with Crippen LogP contribution in [0.4, 0.5) is 15.9 Å². The molecule has 4 N–H and O–H groups in total. The van der Waals surface area contributed by atoms with E-state index < -0.39 is 15.8 Å². The molecule has 8 heteroatoms. The minimum Gasteiger partial charge on any atom is -0.399 e. The predicted octanol–water partition coefficient (Wildman–Crippen LogP) is 1.49. The van der Waals surface area contributed by atoms with E-state index in [1.54, 1.807) is 6.07 Å². The molecule has 1 heterocycles. The number of aromatic nitrogens is 2. The van der Waals surface area contributed by atoms with Crippen LogP contribution in [0.25, 0.3) is 0 Å². The molecule has 6 nitrogen and oxygen atoms in total. The number of nitrogens with one attached hydrogen (secondary N) is 2. The number of hydrogen-bond donors (Lipinski definition) is 3. The fourth-order valence-electron chi connectivity index (χ4n) is 1.53. The maximum absolute atomic E-state index is 13.2. The molecule has 2 rings (SSSR count). The van der Waals surface area contributed by atoms with Gasteiger partial charge in [-0.1, -0.05) is 6.92 Å². The first-order valence-electron chi connectivity index (χ1n) is 5.54.